The van der Waals surface area contributed by atoms with Crippen molar-refractivity contribution >= 4 is 27.5 Å². The second-order valence-corrected chi connectivity index (χ2v) is 5.78. The summed E-state index contributed by atoms with van der Waals surface area (Å²) in [7, 11) is 4.13. The van der Waals surface area contributed by atoms with Crippen molar-refractivity contribution in [3.05, 3.63) is 28.2 Å². The average molecular weight is 327 g/mol. The lowest BCUT2D eigenvalue weighted by atomic mass is 10.1. The smallest absolute Gasteiger partial charge is 0.124 e. The van der Waals surface area contributed by atoms with Crippen LogP contribution in [0.4, 0.5) is 5.69 Å². The van der Waals surface area contributed by atoms with Crippen molar-refractivity contribution in [2.24, 2.45) is 5.73 Å². The second-order valence-electron chi connectivity index (χ2n) is 4.87. The van der Waals surface area contributed by atoms with Crippen molar-refractivity contribution in [3.8, 4) is 0 Å². The van der Waals surface area contributed by atoms with Crippen LogP contribution in [-0.4, -0.2) is 44.5 Å². The van der Waals surface area contributed by atoms with Crippen LogP contribution in [0.1, 0.15) is 18.9 Å². The number of hydrogen-bond acceptors (Lipinski definition) is 3. The zero-order valence-corrected chi connectivity index (χ0v) is 13.5. The number of likely N-dealkylation sites (N-methyl/N-ethyl adjacent to an activating group) is 1. The molecule has 0 aliphatic carbocycles. The largest absolute Gasteiger partial charge is 0.384 e. The van der Waals surface area contributed by atoms with Gasteiger partial charge in [0.25, 0.3) is 0 Å². The Morgan fingerprint density at radius 2 is 1.95 bits per heavy atom. The number of nitrogens with one attached hydrogen (secondary N) is 1. The molecule has 5 heteroatoms. The third-order valence-corrected chi connectivity index (χ3v) is 3.39. The van der Waals surface area contributed by atoms with Gasteiger partial charge in [0.15, 0.2) is 0 Å². The van der Waals surface area contributed by atoms with E-state index in [0.29, 0.717) is 0 Å². The molecule has 0 heterocycles. The summed E-state index contributed by atoms with van der Waals surface area (Å²) >= 11 is 3.44. The van der Waals surface area contributed by atoms with Gasteiger partial charge < -0.3 is 15.5 Å². The Hall–Kier alpha value is -1.07. The first-order chi connectivity index (χ1) is 8.95. The summed E-state index contributed by atoms with van der Waals surface area (Å²) in [6.45, 7) is 5.04. The summed E-state index contributed by atoms with van der Waals surface area (Å²) in [5.74, 6) is 0.113. The first-order valence-corrected chi connectivity index (χ1v) is 7.28. The molecule has 0 radical (unpaired) electrons. The van der Waals surface area contributed by atoms with E-state index >= 15 is 0 Å². The molecule has 0 aliphatic heterocycles. The van der Waals surface area contributed by atoms with Gasteiger partial charge in [0, 0.05) is 35.4 Å². The van der Waals surface area contributed by atoms with E-state index in [0.717, 1.165) is 41.8 Å². The lowest BCUT2D eigenvalue weighted by Crippen LogP contribution is -2.33. The summed E-state index contributed by atoms with van der Waals surface area (Å²) < 4.78 is 0.950. The molecule has 0 bridgehead atoms. The van der Waals surface area contributed by atoms with Crippen molar-refractivity contribution in [2.75, 3.05) is 38.6 Å². The Morgan fingerprint density at radius 3 is 2.47 bits per heavy atom. The van der Waals surface area contributed by atoms with E-state index in [1.807, 2.05) is 18.2 Å². The number of amidine groups is 1. The number of anilines is 1. The zero-order valence-electron chi connectivity index (χ0n) is 11.9. The third kappa shape index (κ3) is 4.84. The van der Waals surface area contributed by atoms with E-state index in [1.54, 1.807) is 0 Å². The van der Waals surface area contributed by atoms with Gasteiger partial charge in [-0.2, -0.15) is 0 Å². The van der Waals surface area contributed by atoms with Gasteiger partial charge >= 0.3 is 0 Å². The normalized spacial score (nSPS) is 10.8. The van der Waals surface area contributed by atoms with Crippen molar-refractivity contribution in [3.63, 3.8) is 0 Å². The molecule has 106 valence electrons. The summed E-state index contributed by atoms with van der Waals surface area (Å²) in [5, 5.41) is 7.73. The van der Waals surface area contributed by atoms with Gasteiger partial charge in [0.2, 0.25) is 0 Å². The van der Waals surface area contributed by atoms with Crippen molar-refractivity contribution in [1.29, 1.82) is 5.41 Å². The predicted molar refractivity (Wildman–Crippen MR) is 86.2 cm³/mol. The van der Waals surface area contributed by atoms with Crippen LogP contribution in [0.25, 0.3) is 0 Å². The lowest BCUT2D eigenvalue weighted by Gasteiger charge is -2.28. The van der Waals surface area contributed by atoms with Crippen LogP contribution in [0.5, 0.6) is 0 Å². The molecule has 3 N–H and O–H groups in total. The number of nitrogens with two attached hydrogens (primary N) is 1. The lowest BCUT2D eigenvalue weighted by molar-refractivity contribution is 0.413. The highest BCUT2D eigenvalue weighted by Gasteiger charge is 2.13. The Kier molecular flexibility index (Phi) is 6.31. The molecule has 1 aromatic rings. The fourth-order valence-electron chi connectivity index (χ4n) is 1.94. The van der Waals surface area contributed by atoms with Crippen LogP contribution >= 0.6 is 15.9 Å². The number of rotatable bonds is 7. The van der Waals surface area contributed by atoms with Gasteiger partial charge in [-0.15, -0.1) is 0 Å². The molecule has 1 aromatic carbocycles. The number of hydrogen-bond donors (Lipinski definition) is 2. The molecule has 0 unspecified atom stereocenters. The molecule has 4 nitrogen and oxygen atoms in total. The van der Waals surface area contributed by atoms with Crippen LogP contribution in [0.3, 0.4) is 0 Å². The van der Waals surface area contributed by atoms with E-state index < -0.39 is 0 Å². The van der Waals surface area contributed by atoms with Crippen LogP contribution in [0.15, 0.2) is 22.7 Å². The number of nitrogens with zero attached hydrogens (tertiary/aromatic N) is 2. The summed E-state index contributed by atoms with van der Waals surface area (Å²) in [5.41, 5.74) is 7.53. The first kappa shape index (κ1) is 16.0. The van der Waals surface area contributed by atoms with Gasteiger partial charge in [-0.3, -0.25) is 5.41 Å². The highest BCUT2D eigenvalue weighted by atomic mass is 79.9. The van der Waals surface area contributed by atoms with Gasteiger partial charge in [0.05, 0.1) is 0 Å². The molecule has 0 atom stereocenters. The van der Waals surface area contributed by atoms with Gasteiger partial charge in [0.1, 0.15) is 5.84 Å². The van der Waals surface area contributed by atoms with E-state index in [1.165, 1.54) is 0 Å². The topological polar surface area (TPSA) is 56.4 Å². The van der Waals surface area contributed by atoms with Crippen LogP contribution in [0, 0.1) is 5.41 Å². The predicted octanol–water partition coefficient (Wildman–Crippen LogP) is 2.51. The maximum absolute atomic E-state index is 7.73. The van der Waals surface area contributed by atoms with Crippen molar-refractivity contribution in [1.82, 2.24) is 4.90 Å². The molecule has 0 spiro atoms. The standard InChI is InChI=1S/C14H23BrN4/c1-4-7-19(9-8-18(2)3)13-6-5-11(15)10-12(13)14(16)17/h5-6,10H,4,7-9H2,1-3H3,(H3,16,17). The maximum atomic E-state index is 7.73. The Balaban J connectivity index is 3.03. The minimum Gasteiger partial charge on any atom is -0.384 e. The monoisotopic (exact) mass is 326 g/mol. The van der Waals surface area contributed by atoms with Crippen LogP contribution in [-0.2, 0) is 0 Å². The average Bonchev–Trinajstić information content (AvgIpc) is 2.34. The summed E-state index contributed by atoms with van der Waals surface area (Å²) in [6.07, 6.45) is 1.07. The fourth-order valence-corrected chi connectivity index (χ4v) is 2.30. The second kappa shape index (κ2) is 7.50. The number of halogens is 1. The van der Waals surface area contributed by atoms with E-state index in [-0.39, 0.29) is 5.84 Å². The molecule has 0 saturated heterocycles. The molecule has 0 aromatic heterocycles. The fraction of sp³-hybridized carbons (Fsp3) is 0.500. The maximum Gasteiger partial charge on any atom is 0.124 e. The highest BCUT2D eigenvalue weighted by Crippen LogP contribution is 2.24. The van der Waals surface area contributed by atoms with E-state index in [4.69, 9.17) is 11.1 Å². The Morgan fingerprint density at radius 1 is 1.26 bits per heavy atom. The Bertz CT molecular complexity index is 431. The molecule has 0 saturated carbocycles. The van der Waals surface area contributed by atoms with E-state index in [2.05, 4.69) is 46.7 Å². The van der Waals surface area contributed by atoms with Gasteiger partial charge in [-0.25, -0.2) is 0 Å². The van der Waals surface area contributed by atoms with Gasteiger partial charge in [-0.05, 0) is 38.7 Å². The zero-order chi connectivity index (χ0) is 14.4. The minimum absolute atomic E-state index is 0.113. The molecule has 0 fully saturated rings. The molecule has 0 aliphatic rings. The third-order valence-electron chi connectivity index (χ3n) is 2.90. The van der Waals surface area contributed by atoms with Crippen molar-refractivity contribution in [2.45, 2.75) is 13.3 Å². The van der Waals surface area contributed by atoms with Gasteiger partial charge in [-0.1, -0.05) is 22.9 Å². The summed E-state index contributed by atoms with van der Waals surface area (Å²) in [4.78, 5) is 4.46. The number of benzene rings is 1. The summed E-state index contributed by atoms with van der Waals surface area (Å²) in [6, 6.07) is 5.95. The number of nitrogen functional groups attached to an aromatic ring is 1. The first-order valence-electron chi connectivity index (χ1n) is 6.49. The SMILES string of the molecule is CCCN(CCN(C)C)c1ccc(Br)cc1C(=N)N. The highest BCUT2D eigenvalue weighted by molar-refractivity contribution is 9.10. The quantitative estimate of drug-likeness (QED) is 0.598. The van der Waals surface area contributed by atoms with Crippen molar-refractivity contribution < 1.29 is 0 Å². The Labute approximate surface area is 124 Å². The molecule has 1 rings (SSSR count). The molecular weight excluding hydrogens is 304 g/mol. The molecule has 19 heavy (non-hydrogen) atoms. The molecule has 0 amide bonds. The minimum atomic E-state index is 0.113. The van der Waals surface area contributed by atoms with Crippen LogP contribution < -0.4 is 10.6 Å². The molecular formula is C14H23BrN4. The van der Waals surface area contributed by atoms with E-state index in [9.17, 15) is 0 Å². The van der Waals surface area contributed by atoms with Crippen LogP contribution in [0.2, 0.25) is 0 Å².